The van der Waals surface area contributed by atoms with Crippen LogP contribution in [0, 0.1) is 5.92 Å². The SMILES string of the molecule is CN1CCC(Cc2nc3ccccc3n2Cc2ccc(CO)o2)CC1. The number of imidazole rings is 1. The van der Waals surface area contributed by atoms with Gasteiger partial charge in [0.2, 0.25) is 0 Å². The van der Waals surface area contributed by atoms with Crippen molar-refractivity contribution in [1.82, 2.24) is 14.5 Å². The molecule has 0 unspecified atom stereocenters. The van der Waals surface area contributed by atoms with Gasteiger partial charge in [0.25, 0.3) is 0 Å². The minimum absolute atomic E-state index is 0.0624. The summed E-state index contributed by atoms with van der Waals surface area (Å²) >= 11 is 0. The molecule has 0 saturated carbocycles. The second-order valence-electron chi connectivity index (χ2n) is 7.08. The topological polar surface area (TPSA) is 54.4 Å². The molecule has 3 aromatic rings. The quantitative estimate of drug-likeness (QED) is 0.776. The monoisotopic (exact) mass is 339 g/mol. The third-order valence-corrected chi connectivity index (χ3v) is 5.23. The van der Waals surface area contributed by atoms with Crippen molar-refractivity contribution in [2.75, 3.05) is 20.1 Å². The number of furan rings is 1. The van der Waals surface area contributed by atoms with Crippen molar-refractivity contribution in [3.05, 3.63) is 53.7 Å². The van der Waals surface area contributed by atoms with Crippen molar-refractivity contribution in [3.63, 3.8) is 0 Å². The summed E-state index contributed by atoms with van der Waals surface area (Å²) in [5.41, 5.74) is 2.19. The second-order valence-corrected chi connectivity index (χ2v) is 7.08. The molecule has 0 aliphatic carbocycles. The first-order valence-electron chi connectivity index (χ1n) is 9.04. The van der Waals surface area contributed by atoms with E-state index >= 15 is 0 Å². The predicted molar refractivity (Wildman–Crippen MR) is 97.4 cm³/mol. The molecule has 5 nitrogen and oxygen atoms in total. The maximum Gasteiger partial charge on any atom is 0.129 e. The van der Waals surface area contributed by atoms with E-state index in [-0.39, 0.29) is 6.61 Å². The number of hydrogen-bond donors (Lipinski definition) is 1. The Bertz CT molecular complexity index is 844. The smallest absolute Gasteiger partial charge is 0.129 e. The number of aliphatic hydroxyl groups excluding tert-OH is 1. The first-order chi connectivity index (χ1) is 12.2. The van der Waals surface area contributed by atoms with Crippen LogP contribution < -0.4 is 0 Å². The molecule has 5 heteroatoms. The number of para-hydroxylation sites is 2. The van der Waals surface area contributed by atoms with Gasteiger partial charge in [-0.05, 0) is 63.2 Å². The maximum atomic E-state index is 9.22. The Balaban J connectivity index is 1.63. The van der Waals surface area contributed by atoms with Crippen molar-refractivity contribution < 1.29 is 9.52 Å². The van der Waals surface area contributed by atoms with Crippen LogP contribution in [0.2, 0.25) is 0 Å². The average molecular weight is 339 g/mol. The van der Waals surface area contributed by atoms with E-state index in [1.807, 2.05) is 18.2 Å². The van der Waals surface area contributed by atoms with Gasteiger partial charge in [-0.15, -0.1) is 0 Å². The molecule has 1 N–H and O–H groups in total. The zero-order valence-corrected chi connectivity index (χ0v) is 14.7. The lowest BCUT2D eigenvalue weighted by Gasteiger charge is -2.28. The van der Waals surface area contributed by atoms with E-state index in [0.29, 0.717) is 18.2 Å². The largest absolute Gasteiger partial charge is 0.462 e. The Labute approximate surface area is 147 Å². The van der Waals surface area contributed by atoms with Crippen LogP contribution in [0.3, 0.4) is 0 Å². The summed E-state index contributed by atoms with van der Waals surface area (Å²) in [4.78, 5) is 7.31. The molecule has 132 valence electrons. The minimum Gasteiger partial charge on any atom is -0.462 e. The minimum atomic E-state index is -0.0624. The molecule has 3 heterocycles. The van der Waals surface area contributed by atoms with E-state index < -0.39 is 0 Å². The molecule has 2 aromatic heterocycles. The van der Waals surface area contributed by atoms with Gasteiger partial charge in [-0.3, -0.25) is 0 Å². The van der Waals surface area contributed by atoms with Crippen molar-refractivity contribution >= 4 is 11.0 Å². The number of benzene rings is 1. The molecule has 0 spiro atoms. The van der Waals surface area contributed by atoms with Gasteiger partial charge < -0.3 is 19.0 Å². The van der Waals surface area contributed by atoms with Gasteiger partial charge in [-0.1, -0.05) is 12.1 Å². The van der Waals surface area contributed by atoms with Crippen LogP contribution in [-0.2, 0) is 19.6 Å². The van der Waals surface area contributed by atoms with Gasteiger partial charge in [0, 0.05) is 6.42 Å². The molecule has 4 rings (SSSR count). The normalized spacial score (nSPS) is 16.7. The van der Waals surface area contributed by atoms with Crippen LogP contribution in [0.25, 0.3) is 11.0 Å². The van der Waals surface area contributed by atoms with E-state index in [4.69, 9.17) is 9.40 Å². The van der Waals surface area contributed by atoms with Crippen molar-refractivity contribution in [3.8, 4) is 0 Å². The molecule has 1 aliphatic rings. The highest BCUT2D eigenvalue weighted by atomic mass is 16.4. The van der Waals surface area contributed by atoms with Crippen LogP contribution in [-0.4, -0.2) is 39.7 Å². The summed E-state index contributed by atoms with van der Waals surface area (Å²) < 4.78 is 7.98. The van der Waals surface area contributed by atoms with Crippen molar-refractivity contribution in [2.24, 2.45) is 5.92 Å². The number of nitrogens with zero attached hydrogens (tertiary/aromatic N) is 3. The molecule has 1 aromatic carbocycles. The number of hydrogen-bond acceptors (Lipinski definition) is 4. The number of rotatable bonds is 5. The van der Waals surface area contributed by atoms with E-state index in [1.54, 1.807) is 0 Å². The third kappa shape index (κ3) is 3.48. The Morgan fingerprint density at radius 3 is 2.64 bits per heavy atom. The number of aromatic nitrogens is 2. The fourth-order valence-electron chi connectivity index (χ4n) is 3.73. The summed E-state index contributed by atoms with van der Waals surface area (Å²) in [5.74, 6) is 3.29. The van der Waals surface area contributed by atoms with Crippen molar-refractivity contribution in [1.29, 1.82) is 0 Å². The third-order valence-electron chi connectivity index (χ3n) is 5.23. The van der Waals surface area contributed by atoms with Gasteiger partial charge in [0.05, 0.1) is 17.6 Å². The van der Waals surface area contributed by atoms with E-state index in [1.165, 1.54) is 25.9 Å². The highest BCUT2D eigenvalue weighted by Crippen LogP contribution is 2.25. The molecule has 0 radical (unpaired) electrons. The zero-order valence-electron chi connectivity index (χ0n) is 14.7. The average Bonchev–Trinajstić information content (AvgIpc) is 3.22. The van der Waals surface area contributed by atoms with E-state index in [9.17, 15) is 5.11 Å². The molecule has 25 heavy (non-hydrogen) atoms. The number of likely N-dealkylation sites (tertiary alicyclic amines) is 1. The lowest BCUT2D eigenvalue weighted by molar-refractivity contribution is 0.216. The second kappa shape index (κ2) is 7.02. The lowest BCUT2D eigenvalue weighted by Crippen LogP contribution is -2.31. The first-order valence-corrected chi connectivity index (χ1v) is 9.04. The van der Waals surface area contributed by atoms with Crippen LogP contribution in [0.15, 0.2) is 40.8 Å². The first kappa shape index (κ1) is 16.4. The number of fused-ring (bicyclic) bond motifs is 1. The van der Waals surface area contributed by atoms with Crippen LogP contribution in [0.5, 0.6) is 0 Å². The van der Waals surface area contributed by atoms with Crippen LogP contribution >= 0.6 is 0 Å². The molecule has 1 fully saturated rings. The van der Waals surface area contributed by atoms with Crippen LogP contribution in [0.4, 0.5) is 0 Å². The lowest BCUT2D eigenvalue weighted by atomic mass is 9.93. The number of piperidine rings is 1. The molecule has 0 atom stereocenters. The maximum absolute atomic E-state index is 9.22. The fourth-order valence-corrected chi connectivity index (χ4v) is 3.73. The fraction of sp³-hybridized carbons (Fsp3) is 0.450. The summed E-state index contributed by atoms with van der Waals surface area (Å²) in [6.07, 6.45) is 3.47. The molecule has 0 amide bonds. The Hall–Kier alpha value is -2.11. The molecule has 1 aliphatic heterocycles. The van der Waals surface area contributed by atoms with Gasteiger partial charge in [0.1, 0.15) is 24.0 Å². The van der Waals surface area contributed by atoms with Gasteiger partial charge >= 0.3 is 0 Å². The summed E-state index contributed by atoms with van der Waals surface area (Å²) in [6.45, 7) is 2.93. The highest BCUT2D eigenvalue weighted by Gasteiger charge is 2.21. The summed E-state index contributed by atoms with van der Waals surface area (Å²) in [6, 6.07) is 12.1. The Morgan fingerprint density at radius 2 is 1.88 bits per heavy atom. The summed E-state index contributed by atoms with van der Waals surface area (Å²) in [5, 5.41) is 9.22. The predicted octanol–water partition coefficient (Wildman–Crippen LogP) is 3.05. The van der Waals surface area contributed by atoms with Crippen LogP contribution in [0.1, 0.15) is 30.2 Å². The Morgan fingerprint density at radius 1 is 1.12 bits per heavy atom. The van der Waals surface area contributed by atoms with Crippen molar-refractivity contribution in [2.45, 2.75) is 32.4 Å². The van der Waals surface area contributed by atoms with Gasteiger partial charge in [-0.25, -0.2) is 4.98 Å². The summed E-state index contributed by atoms with van der Waals surface area (Å²) in [7, 11) is 2.20. The molecular formula is C20H25N3O2. The van der Waals surface area contributed by atoms with Gasteiger partial charge in [-0.2, -0.15) is 0 Å². The molecule has 1 saturated heterocycles. The molecular weight excluding hydrogens is 314 g/mol. The standard InChI is InChI=1S/C20H25N3O2/c1-22-10-8-15(9-11-22)12-20-21-18-4-2-3-5-19(18)23(20)13-16-6-7-17(14-24)25-16/h2-7,15,24H,8-14H2,1H3. The zero-order chi connectivity index (χ0) is 17.2. The van der Waals surface area contributed by atoms with Gasteiger partial charge in [0.15, 0.2) is 0 Å². The Kier molecular flexibility index (Phi) is 4.59. The molecule has 0 bridgehead atoms. The van der Waals surface area contributed by atoms with E-state index in [0.717, 1.165) is 29.0 Å². The number of aliphatic hydroxyl groups is 1. The van der Waals surface area contributed by atoms with E-state index in [2.05, 4.69) is 34.7 Å². The highest BCUT2D eigenvalue weighted by molar-refractivity contribution is 5.76.